The smallest absolute Gasteiger partial charge is 0.308 e. The summed E-state index contributed by atoms with van der Waals surface area (Å²) in [6.07, 6.45) is 0.998. The number of esters is 2. The fraction of sp³-hybridized carbons (Fsp3) is 0.833. The van der Waals surface area contributed by atoms with Crippen molar-refractivity contribution < 1.29 is 23.8 Å². The maximum Gasteiger partial charge on any atom is 0.308 e. The first kappa shape index (κ1) is 14.0. The Hall–Kier alpha value is -1.10. The van der Waals surface area contributed by atoms with Crippen molar-refractivity contribution >= 4 is 11.9 Å². The van der Waals surface area contributed by atoms with Crippen LogP contribution in [-0.4, -0.2) is 37.4 Å². The average Bonchev–Trinajstić information content (AvgIpc) is 2.26. The van der Waals surface area contributed by atoms with E-state index in [0.717, 1.165) is 0 Å². The molecule has 0 radical (unpaired) electrons. The van der Waals surface area contributed by atoms with E-state index < -0.39 is 0 Å². The molecule has 0 amide bonds. The summed E-state index contributed by atoms with van der Waals surface area (Å²) in [5, 5.41) is 0. The van der Waals surface area contributed by atoms with E-state index in [2.05, 4.69) is 0 Å². The van der Waals surface area contributed by atoms with E-state index in [1.165, 1.54) is 6.92 Å². The molecule has 5 heteroatoms. The molecule has 1 saturated heterocycles. The zero-order chi connectivity index (χ0) is 12.8. The Labute approximate surface area is 101 Å². The van der Waals surface area contributed by atoms with Gasteiger partial charge in [-0.15, -0.1) is 0 Å². The van der Waals surface area contributed by atoms with Crippen molar-refractivity contribution in [1.82, 2.24) is 0 Å². The number of carbonyl (C=O) groups excluding carboxylic acids is 2. The molecule has 1 fully saturated rings. The van der Waals surface area contributed by atoms with Gasteiger partial charge in [-0.05, 0) is 0 Å². The highest BCUT2D eigenvalue weighted by Gasteiger charge is 2.26. The lowest BCUT2D eigenvalue weighted by Crippen LogP contribution is -2.36. The van der Waals surface area contributed by atoms with Gasteiger partial charge in [0.2, 0.25) is 0 Å². The van der Waals surface area contributed by atoms with E-state index in [1.807, 2.05) is 0 Å². The molecule has 1 rings (SSSR count). The van der Waals surface area contributed by atoms with Gasteiger partial charge >= 0.3 is 11.9 Å². The third kappa shape index (κ3) is 5.17. The normalized spacial score (nSPS) is 24.5. The van der Waals surface area contributed by atoms with E-state index in [0.29, 0.717) is 19.4 Å². The highest BCUT2D eigenvalue weighted by Crippen LogP contribution is 2.18. The lowest BCUT2D eigenvalue weighted by Gasteiger charge is -2.29. The Morgan fingerprint density at radius 2 is 2.12 bits per heavy atom. The molecule has 98 valence electrons. The fourth-order valence-corrected chi connectivity index (χ4v) is 1.58. The van der Waals surface area contributed by atoms with Crippen LogP contribution in [0.25, 0.3) is 0 Å². The maximum absolute atomic E-state index is 11.4. The van der Waals surface area contributed by atoms with Crippen molar-refractivity contribution in [2.75, 3.05) is 13.2 Å². The van der Waals surface area contributed by atoms with Crippen molar-refractivity contribution in [3.63, 3.8) is 0 Å². The van der Waals surface area contributed by atoms with Gasteiger partial charge in [0.15, 0.2) is 0 Å². The summed E-state index contributed by atoms with van der Waals surface area (Å²) >= 11 is 0. The molecule has 0 saturated carbocycles. The first-order valence-corrected chi connectivity index (χ1v) is 5.94. The van der Waals surface area contributed by atoms with Crippen LogP contribution in [0.15, 0.2) is 0 Å². The van der Waals surface area contributed by atoms with E-state index >= 15 is 0 Å². The van der Waals surface area contributed by atoms with Gasteiger partial charge in [0.25, 0.3) is 0 Å². The molecule has 5 nitrogen and oxygen atoms in total. The molecule has 0 unspecified atom stereocenters. The van der Waals surface area contributed by atoms with Gasteiger partial charge in [0.05, 0.1) is 18.6 Å². The molecule has 1 heterocycles. The average molecular weight is 244 g/mol. The molecule has 0 bridgehead atoms. The highest BCUT2D eigenvalue weighted by atomic mass is 16.6. The summed E-state index contributed by atoms with van der Waals surface area (Å²) in [6.45, 7) is 5.72. The van der Waals surface area contributed by atoms with E-state index in [-0.39, 0.29) is 36.7 Å². The molecular weight excluding hydrogens is 224 g/mol. The Balaban J connectivity index is 2.33. The summed E-state index contributed by atoms with van der Waals surface area (Å²) in [5.41, 5.74) is 0. The predicted molar refractivity (Wildman–Crippen MR) is 60.3 cm³/mol. The topological polar surface area (TPSA) is 61.8 Å². The zero-order valence-electron chi connectivity index (χ0n) is 10.6. The van der Waals surface area contributed by atoms with Crippen LogP contribution in [0.2, 0.25) is 0 Å². The first-order chi connectivity index (χ1) is 7.99. The molecule has 2 atom stereocenters. The van der Waals surface area contributed by atoms with Crippen molar-refractivity contribution in [1.29, 1.82) is 0 Å². The Bertz CT molecular complexity index is 274. The fourth-order valence-electron chi connectivity index (χ4n) is 1.58. The summed E-state index contributed by atoms with van der Waals surface area (Å²) in [4.78, 5) is 22.1. The Morgan fingerprint density at radius 3 is 2.71 bits per heavy atom. The van der Waals surface area contributed by atoms with Crippen LogP contribution in [0.4, 0.5) is 0 Å². The van der Waals surface area contributed by atoms with E-state index in [9.17, 15) is 9.59 Å². The van der Waals surface area contributed by atoms with Gasteiger partial charge in [-0.1, -0.05) is 13.8 Å². The molecule has 0 aromatic heterocycles. The van der Waals surface area contributed by atoms with Gasteiger partial charge in [-0.3, -0.25) is 9.59 Å². The quantitative estimate of drug-likeness (QED) is 0.697. The second-order valence-electron chi connectivity index (χ2n) is 4.53. The third-order valence-electron chi connectivity index (χ3n) is 2.55. The van der Waals surface area contributed by atoms with Crippen LogP contribution < -0.4 is 0 Å². The largest absolute Gasteiger partial charge is 0.463 e. The van der Waals surface area contributed by atoms with E-state index in [1.54, 1.807) is 13.8 Å². The standard InChI is InChI=1S/C12H20O5/c1-8(2)12(14)17-10-4-5-15-11(6-10)7-16-9(3)13/h8,10-11H,4-7H2,1-3H3/t10-,11+/m1/s1. The number of hydrogen-bond acceptors (Lipinski definition) is 5. The second kappa shape index (κ2) is 6.59. The lowest BCUT2D eigenvalue weighted by molar-refractivity contribution is -0.164. The van der Waals surface area contributed by atoms with Crippen LogP contribution in [0, 0.1) is 5.92 Å². The molecule has 1 aliphatic rings. The van der Waals surface area contributed by atoms with Gasteiger partial charge in [-0.2, -0.15) is 0 Å². The minimum atomic E-state index is -0.324. The van der Waals surface area contributed by atoms with Crippen LogP contribution in [0.5, 0.6) is 0 Å². The van der Waals surface area contributed by atoms with Gasteiger partial charge in [-0.25, -0.2) is 0 Å². The predicted octanol–water partition coefficient (Wildman–Crippen LogP) is 1.30. The Morgan fingerprint density at radius 1 is 1.41 bits per heavy atom. The van der Waals surface area contributed by atoms with Crippen molar-refractivity contribution in [3.8, 4) is 0 Å². The van der Waals surface area contributed by atoms with Crippen molar-refractivity contribution in [3.05, 3.63) is 0 Å². The third-order valence-corrected chi connectivity index (χ3v) is 2.55. The molecule has 1 aliphatic heterocycles. The van der Waals surface area contributed by atoms with Crippen LogP contribution in [0.1, 0.15) is 33.6 Å². The van der Waals surface area contributed by atoms with Crippen LogP contribution >= 0.6 is 0 Å². The van der Waals surface area contributed by atoms with Gasteiger partial charge in [0, 0.05) is 19.8 Å². The summed E-state index contributed by atoms with van der Waals surface area (Å²) in [7, 11) is 0. The maximum atomic E-state index is 11.4. The molecule has 0 aromatic carbocycles. The number of ether oxygens (including phenoxy) is 3. The summed E-state index contributed by atoms with van der Waals surface area (Å²) in [5.74, 6) is -0.636. The van der Waals surface area contributed by atoms with Crippen LogP contribution in [-0.2, 0) is 23.8 Å². The summed E-state index contributed by atoms with van der Waals surface area (Å²) < 4.78 is 15.6. The first-order valence-electron chi connectivity index (χ1n) is 5.94. The zero-order valence-corrected chi connectivity index (χ0v) is 10.6. The SMILES string of the molecule is CC(=O)OC[C@@H]1C[C@H](OC(=O)C(C)C)CCO1. The Kier molecular flexibility index (Phi) is 5.41. The monoisotopic (exact) mass is 244 g/mol. The molecular formula is C12H20O5. The minimum absolute atomic E-state index is 0.121. The highest BCUT2D eigenvalue weighted by molar-refractivity contribution is 5.71. The van der Waals surface area contributed by atoms with Crippen molar-refractivity contribution in [2.45, 2.75) is 45.8 Å². The van der Waals surface area contributed by atoms with Gasteiger partial charge in [0.1, 0.15) is 12.7 Å². The molecule has 0 aliphatic carbocycles. The molecule has 0 aromatic rings. The number of hydrogen-bond donors (Lipinski definition) is 0. The second-order valence-corrected chi connectivity index (χ2v) is 4.53. The number of carbonyl (C=O) groups is 2. The van der Waals surface area contributed by atoms with Crippen LogP contribution in [0.3, 0.4) is 0 Å². The molecule has 0 spiro atoms. The molecule has 0 N–H and O–H groups in total. The van der Waals surface area contributed by atoms with Crippen molar-refractivity contribution in [2.24, 2.45) is 5.92 Å². The van der Waals surface area contributed by atoms with E-state index in [4.69, 9.17) is 14.2 Å². The van der Waals surface area contributed by atoms with Gasteiger partial charge < -0.3 is 14.2 Å². The molecule has 17 heavy (non-hydrogen) atoms. The minimum Gasteiger partial charge on any atom is -0.463 e. The number of rotatable bonds is 4. The summed E-state index contributed by atoms with van der Waals surface area (Å²) in [6, 6.07) is 0. The lowest BCUT2D eigenvalue weighted by atomic mass is 10.1.